The molecule has 0 saturated carbocycles. The molecule has 2 atom stereocenters. The van der Waals surface area contributed by atoms with Gasteiger partial charge in [-0.25, -0.2) is 0 Å². The first-order valence-corrected chi connectivity index (χ1v) is 4.17. The van der Waals surface area contributed by atoms with Gasteiger partial charge in [-0.3, -0.25) is 9.69 Å². The van der Waals surface area contributed by atoms with Gasteiger partial charge in [0.1, 0.15) is 0 Å². The zero-order chi connectivity index (χ0) is 9.14. The van der Waals surface area contributed by atoms with E-state index >= 15 is 0 Å². The van der Waals surface area contributed by atoms with E-state index in [0.29, 0.717) is 13.2 Å². The average Bonchev–Trinajstić information content (AvgIpc) is 1.96. The minimum absolute atomic E-state index is 0.120. The third kappa shape index (κ3) is 2.46. The summed E-state index contributed by atoms with van der Waals surface area (Å²) in [6, 6.07) is 0.220. The van der Waals surface area contributed by atoms with E-state index in [0.717, 1.165) is 0 Å². The normalized spacial score (nSPS) is 31.8. The standard InChI is InChI=1S/C8H15NO3/c1-6-5-12-7(2)3-9(6)4-8(10)11/h6-7H,3-5H2,1-2H3,(H,10,11). The van der Waals surface area contributed by atoms with Gasteiger partial charge < -0.3 is 9.84 Å². The van der Waals surface area contributed by atoms with Crippen molar-refractivity contribution in [3.63, 3.8) is 0 Å². The Labute approximate surface area is 72.1 Å². The fourth-order valence-corrected chi connectivity index (χ4v) is 1.37. The van der Waals surface area contributed by atoms with Crippen LogP contribution in [-0.2, 0) is 9.53 Å². The molecule has 1 aliphatic rings. The zero-order valence-corrected chi connectivity index (χ0v) is 7.49. The molecule has 70 valence electrons. The summed E-state index contributed by atoms with van der Waals surface area (Å²) >= 11 is 0. The van der Waals surface area contributed by atoms with Crippen molar-refractivity contribution in [2.75, 3.05) is 19.7 Å². The van der Waals surface area contributed by atoms with Crippen LogP contribution >= 0.6 is 0 Å². The molecule has 0 amide bonds. The van der Waals surface area contributed by atoms with Crippen LogP contribution in [0.25, 0.3) is 0 Å². The molecule has 4 heteroatoms. The second-order valence-corrected chi connectivity index (χ2v) is 3.32. The molecule has 1 saturated heterocycles. The SMILES string of the molecule is CC1CN(CC(=O)O)C(C)CO1. The predicted octanol–water partition coefficient (Wildman–Crippen LogP) is 0.180. The van der Waals surface area contributed by atoms with E-state index < -0.39 is 5.97 Å². The number of carboxylic acids is 1. The lowest BCUT2D eigenvalue weighted by molar-refractivity contribution is -0.141. The van der Waals surface area contributed by atoms with Gasteiger partial charge in [0.15, 0.2) is 0 Å². The fourth-order valence-electron chi connectivity index (χ4n) is 1.37. The van der Waals surface area contributed by atoms with Crippen molar-refractivity contribution in [1.29, 1.82) is 0 Å². The molecule has 12 heavy (non-hydrogen) atoms. The number of ether oxygens (including phenoxy) is 1. The van der Waals surface area contributed by atoms with Crippen LogP contribution in [0.15, 0.2) is 0 Å². The monoisotopic (exact) mass is 173 g/mol. The molecule has 1 rings (SSSR count). The first kappa shape index (κ1) is 9.48. The number of hydrogen-bond donors (Lipinski definition) is 1. The molecule has 0 bridgehead atoms. The maximum atomic E-state index is 10.4. The van der Waals surface area contributed by atoms with Crippen LogP contribution in [0.5, 0.6) is 0 Å². The second kappa shape index (κ2) is 3.87. The molecule has 0 radical (unpaired) electrons. The molecular weight excluding hydrogens is 158 g/mol. The first-order valence-electron chi connectivity index (χ1n) is 4.17. The molecule has 1 heterocycles. The van der Waals surface area contributed by atoms with Crippen molar-refractivity contribution in [2.24, 2.45) is 0 Å². The number of nitrogens with zero attached hydrogens (tertiary/aromatic N) is 1. The molecule has 0 aromatic rings. The Hall–Kier alpha value is -0.610. The largest absolute Gasteiger partial charge is 0.480 e. The number of rotatable bonds is 2. The number of aliphatic carboxylic acids is 1. The third-order valence-electron chi connectivity index (χ3n) is 2.08. The van der Waals surface area contributed by atoms with Gasteiger partial charge in [-0.15, -0.1) is 0 Å². The summed E-state index contributed by atoms with van der Waals surface area (Å²) in [6.07, 6.45) is 0.153. The maximum absolute atomic E-state index is 10.4. The molecule has 1 aliphatic heterocycles. The highest BCUT2D eigenvalue weighted by molar-refractivity contribution is 5.69. The van der Waals surface area contributed by atoms with E-state index in [2.05, 4.69) is 0 Å². The molecule has 0 aliphatic carbocycles. The van der Waals surface area contributed by atoms with Crippen molar-refractivity contribution < 1.29 is 14.6 Å². The lowest BCUT2D eigenvalue weighted by Gasteiger charge is -2.35. The van der Waals surface area contributed by atoms with Gasteiger partial charge in [-0.2, -0.15) is 0 Å². The summed E-state index contributed by atoms with van der Waals surface area (Å²) in [4.78, 5) is 12.4. The lowest BCUT2D eigenvalue weighted by Crippen LogP contribution is -2.49. The highest BCUT2D eigenvalue weighted by Crippen LogP contribution is 2.10. The van der Waals surface area contributed by atoms with Crippen LogP contribution in [0.3, 0.4) is 0 Å². The average molecular weight is 173 g/mol. The van der Waals surface area contributed by atoms with E-state index in [-0.39, 0.29) is 18.7 Å². The Morgan fingerprint density at radius 2 is 2.33 bits per heavy atom. The zero-order valence-electron chi connectivity index (χ0n) is 7.49. The van der Waals surface area contributed by atoms with Gasteiger partial charge in [0.2, 0.25) is 0 Å². The minimum Gasteiger partial charge on any atom is -0.480 e. The van der Waals surface area contributed by atoms with Crippen LogP contribution in [0.2, 0.25) is 0 Å². The number of carboxylic acid groups (broad SMARTS) is 1. The van der Waals surface area contributed by atoms with Gasteiger partial charge in [-0.05, 0) is 13.8 Å². The Morgan fingerprint density at radius 1 is 1.67 bits per heavy atom. The maximum Gasteiger partial charge on any atom is 0.317 e. The lowest BCUT2D eigenvalue weighted by atomic mass is 10.2. The summed E-state index contributed by atoms with van der Waals surface area (Å²) in [5.74, 6) is -0.768. The summed E-state index contributed by atoms with van der Waals surface area (Å²) in [6.45, 7) is 5.41. The Bertz CT molecular complexity index is 172. The molecule has 4 nitrogen and oxygen atoms in total. The van der Waals surface area contributed by atoms with Crippen LogP contribution in [0.4, 0.5) is 0 Å². The van der Waals surface area contributed by atoms with Crippen molar-refractivity contribution >= 4 is 5.97 Å². The van der Waals surface area contributed by atoms with Crippen LogP contribution in [-0.4, -0.2) is 47.8 Å². The summed E-state index contributed by atoms with van der Waals surface area (Å²) in [7, 11) is 0. The van der Waals surface area contributed by atoms with E-state index in [1.54, 1.807) is 0 Å². The minimum atomic E-state index is -0.768. The van der Waals surface area contributed by atoms with Crippen LogP contribution in [0.1, 0.15) is 13.8 Å². The number of carbonyl (C=O) groups is 1. The molecule has 1 fully saturated rings. The first-order chi connectivity index (χ1) is 5.59. The highest BCUT2D eigenvalue weighted by atomic mass is 16.5. The Kier molecular flexibility index (Phi) is 3.05. The molecule has 0 aromatic carbocycles. The van der Waals surface area contributed by atoms with E-state index in [1.807, 2.05) is 18.7 Å². The van der Waals surface area contributed by atoms with Gasteiger partial charge in [0, 0.05) is 12.6 Å². The smallest absolute Gasteiger partial charge is 0.317 e. The summed E-state index contributed by atoms with van der Waals surface area (Å²) in [5, 5.41) is 8.59. The van der Waals surface area contributed by atoms with E-state index in [1.165, 1.54) is 0 Å². The molecule has 1 N–H and O–H groups in total. The molecule has 0 aromatic heterocycles. The second-order valence-electron chi connectivity index (χ2n) is 3.32. The number of hydrogen-bond acceptors (Lipinski definition) is 3. The Balaban J connectivity index is 2.43. The Morgan fingerprint density at radius 3 is 2.92 bits per heavy atom. The quantitative estimate of drug-likeness (QED) is 0.647. The number of morpholine rings is 1. The van der Waals surface area contributed by atoms with Crippen molar-refractivity contribution in [3.8, 4) is 0 Å². The van der Waals surface area contributed by atoms with Crippen LogP contribution < -0.4 is 0 Å². The van der Waals surface area contributed by atoms with Crippen molar-refractivity contribution in [1.82, 2.24) is 4.90 Å². The van der Waals surface area contributed by atoms with E-state index in [9.17, 15) is 4.79 Å². The fraction of sp³-hybridized carbons (Fsp3) is 0.875. The topological polar surface area (TPSA) is 49.8 Å². The van der Waals surface area contributed by atoms with Crippen LogP contribution in [0, 0.1) is 0 Å². The van der Waals surface area contributed by atoms with Gasteiger partial charge in [-0.1, -0.05) is 0 Å². The highest BCUT2D eigenvalue weighted by Gasteiger charge is 2.24. The molecule has 0 spiro atoms. The van der Waals surface area contributed by atoms with Gasteiger partial charge in [0.05, 0.1) is 19.3 Å². The summed E-state index contributed by atoms with van der Waals surface area (Å²) in [5.41, 5.74) is 0. The third-order valence-corrected chi connectivity index (χ3v) is 2.08. The van der Waals surface area contributed by atoms with Gasteiger partial charge >= 0.3 is 5.97 Å². The summed E-state index contributed by atoms with van der Waals surface area (Å²) < 4.78 is 5.37. The predicted molar refractivity (Wildman–Crippen MR) is 44.1 cm³/mol. The molecular formula is C8H15NO3. The molecule has 2 unspecified atom stereocenters. The van der Waals surface area contributed by atoms with Crippen molar-refractivity contribution in [2.45, 2.75) is 26.0 Å². The van der Waals surface area contributed by atoms with Crippen molar-refractivity contribution in [3.05, 3.63) is 0 Å². The van der Waals surface area contributed by atoms with Gasteiger partial charge in [0.25, 0.3) is 0 Å². The van der Waals surface area contributed by atoms with E-state index in [4.69, 9.17) is 9.84 Å².